The van der Waals surface area contributed by atoms with Gasteiger partial charge in [0.05, 0.1) is 12.7 Å². The summed E-state index contributed by atoms with van der Waals surface area (Å²) in [5.74, 6) is 0. The Hall–Kier alpha value is -0.0800. The summed E-state index contributed by atoms with van der Waals surface area (Å²) in [6.45, 7) is 6.75. The molecule has 2 heteroatoms. The third-order valence-electron chi connectivity index (χ3n) is 2.03. The lowest BCUT2D eigenvalue weighted by Gasteiger charge is -2.23. The van der Waals surface area contributed by atoms with Crippen LogP contribution in [0.3, 0.4) is 0 Å². The van der Waals surface area contributed by atoms with Crippen molar-refractivity contribution in [3.05, 3.63) is 6.92 Å². The van der Waals surface area contributed by atoms with Gasteiger partial charge in [-0.3, -0.25) is 0 Å². The van der Waals surface area contributed by atoms with Crippen LogP contribution in [-0.4, -0.2) is 25.8 Å². The maximum absolute atomic E-state index is 5.54. The maximum Gasteiger partial charge on any atom is 0.0700 e. The highest BCUT2D eigenvalue weighted by molar-refractivity contribution is 4.66. The van der Waals surface area contributed by atoms with Crippen LogP contribution in [0.4, 0.5) is 0 Å². The average Bonchev–Trinajstić information content (AvgIpc) is 2.07. The molecule has 1 aliphatic rings. The van der Waals surface area contributed by atoms with Crippen LogP contribution in [0, 0.1) is 6.92 Å². The van der Waals surface area contributed by atoms with Crippen molar-refractivity contribution in [1.29, 1.82) is 0 Å². The predicted octanol–water partition coefficient (Wildman–Crippen LogP) is 1.37. The summed E-state index contributed by atoms with van der Waals surface area (Å²) in [7, 11) is 0. The maximum atomic E-state index is 5.54. The van der Waals surface area contributed by atoms with Crippen LogP contribution >= 0.6 is 0 Å². The van der Waals surface area contributed by atoms with E-state index in [1.165, 1.54) is 19.3 Å². The van der Waals surface area contributed by atoms with E-state index < -0.39 is 0 Å². The van der Waals surface area contributed by atoms with Crippen LogP contribution in [0.5, 0.6) is 0 Å². The van der Waals surface area contributed by atoms with Gasteiger partial charge in [0, 0.05) is 13.1 Å². The third-order valence-corrected chi connectivity index (χ3v) is 2.03. The Bertz CT molecular complexity index is 89.6. The molecule has 1 atom stereocenters. The second-order valence-corrected chi connectivity index (χ2v) is 3.05. The fraction of sp³-hybridized carbons (Fsp3) is 0.889. The molecule has 65 valence electrons. The van der Waals surface area contributed by atoms with Gasteiger partial charge >= 0.3 is 0 Å². The van der Waals surface area contributed by atoms with Gasteiger partial charge in [-0.1, -0.05) is 26.2 Å². The van der Waals surface area contributed by atoms with Crippen molar-refractivity contribution in [2.45, 2.75) is 31.8 Å². The summed E-state index contributed by atoms with van der Waals surface area (Å²) in [5.41, 5.74) is 0. The first kappa shape index (κ1) is 9.01. The van der Waals surface area contributed by atoms with Gasteiger partial charge in [-0.05, 0) is 6.42 Å². The van der Waals surface area contributed by atoms with Gasteiger partial charge in [-0.25, -0.2) is 0 Å². The van der Waals surface area contributed by atoms with Crippen LogP contribution in [0.2, 0.25) is 0 Å². The fourth-order valence-corrected chi connectivity index (χ4v) is 1.35. The van der Waals surface area contributed by atoms with Gasteiger partial charge in [0.1, 0.15) is 0 Å². The molecule has 0 aromatic heterocycles. The lowest BCUT2D eigenvalue weighted by molar-refractivity contribution is 0.0222. The first-order valence-electron chi connectivity index (χ1n) is 4.55. The van der Waals surface area contributed by atoms with E-state index in [1.807, 2.05) is 0 Å². The van der Waals surface area contributed by atoms with E-state index in [1.54, 1.807) is 0 Å². The van der Waals surface area contributed by atoms with Crippen LogP contribution in [-0.2, 0) is 4.74 Å². The number of morpholine rings is 1. The fourth-order valence-electron chi connectivity index (χ4n) is 1.35. The summed E-state index contributed by atoms with van der Waals surface area (Å²) in [6.07, 6.45) is 5.22. The van der Waals surface area contributed by atoms with Crippen LogP contribution in [0.1, 0.15) is 25.7 Å². The molecule has 1 unspecified atom stereocenters. The SMILES string of the molecule is [CH2]CCCCC1CNCCO1. The number of ether oxygens (including phenoxy) is 1. The third kappa shape index (κ3) is 3.73. The van der Waals surface area contributed by atoms with E-state index in [-0.39, 0.29) is 0 Å². The summed E-state index contributed by atoms with van der Waals surface area (Å²) in [6, 6.07) is 0. The zero-order chi connectivity index (χ0) is 7.94. The van der Waals surface area contributed by atoms with E-state index in [0.29, 0.717) is 6.10 Å². The average molecular weight is 156 g/mol. The minimum absolute atomic E-state index is 0.468. The van der Waals surface area contributed by atoms with Gasteiger partial charge in [0.25, 0.3) is 0 Å². The van der Waals surface area contributed by atoms with E-state index in [9.17, 15) is 0 Å². The molecule has 0 spiro atoms. The number of rotatable bonds is 4. The molecule has 0 aromatic carbocycles. The molecular weight excluding hydrogens is 138 g/mol. The summed E-state index contributed by atoms with van der Waals surface area (Å²) in [4.78, 5) is 0. The van der Waals surface area contributed by atoms with Crippen LogP contribution < -0.4 is 5.32 Å². The standard InChI is InChI=1S/C9H18NO/c1-2-3-4-5-9-8-10-6-7-11-9/h9-10H,1-8H2. The van der Waals surface area contributed by atoms with Crippen molar-refractivity contribution in [1.82, 2.24) is 5.32 Å². The summed E-state index contributed by atoms with van der Waals surface area (Å²) in [5, 5.41) is 3.32. The second kappa shape index (κ2) is 5.56. The Morgan fingerprint density at radius 1 is 1.45 bits per heavy atom. The minimum atomic E-state index is 0.468. The number of hydrogen-bond donors (Lipinski definition) is 1. The van der Waals surface area contributed by atoms with Gasteiger partial charge in [0.2, 0.25) is 0 Å². The number of hydrogen-bond acceptors (Lipinski definition) is 2. The van der Waals surface area contributed by atoms with Crippen LogP contribution in [0.15, 0.2) is 0 Å². The minimum Gasteiger partial charge on any atom is -0.376 e. The predicted molar refractivity (Wildman–Crippen MR) is 46.4 cm³/mol. The van der Waals surface area contributed by atoms with E-state index in [0.717, 1.165) is 26.1 Å². The van der Waals surface area contributed by atoms with Crippen molar-refractivity contribution in [2.24, 2.45) is 0 Å². The Labute approximate surface area is 69.3 Å². The molecular formula is C9H18NO. The molecule has 1 N–H and O–H groups in total. The number of nitrogens with one attached hydrogen (secondary N) is 1. The van der Waals surface area contributed by atoms with Gasteiger partial charge in [-0.2, -0.15) is 0 Å². The second-order valence-electron chi connectivity index (χ2n) is 3.05. The Morgan fingerprint density at radius 2 is 2.36 bits per heavy atom. The molecule has 0 aromatic rings. The zero-order valence-electron chi connectivity index (χ0n) is 7.14. The van der Waals surface area contributed by atoms with Crippen molar-refractivity contribution in [3.8, 4) is 0 Å². The molecule has 1 saturated heterocycles. The highest BCUT2D eigenvalue weighted by Crippen LogP contribution is 2.07. The van der Waals surface area contributed by atoms with Crippen LogP contribution in [0.25, 0.3) is 0 Å². The van der Waals surface area contributed by atoms with Gasteiger partial charge in [-0.15, -0.1) is 0 Å². The molecule has 2 nitrogen and oxygen atoms in total. The van der Waals surface area contributed by atoms with E-state index in [4.69, 9.17) is 4.74 Å². The van der Waals surface area contributed by atoms with E-state index in [2.05, 4.69) is 12.2 Å². The lowest BCUT2D eigenvalue weighted by Crippen LogP contribution is -2.38. The van der Waals surface area contributed by atoms with Crippen molar-refractivity contribution in [2.75, 3.05) is 19.7 Å². The molecule has 0 amide bonds. The van der Waals surface area contributed by atoms with Gasteiger partial charge in [0.15, 0.2) is 0 Å². The number of unbranched alkanes of at least 4 members (excludes halogenated alkanes) is 2. The zero-order valence-corrected chi connectivity index (χ0v) is 7.14. The smallest absolute Gasteiger partial charge is 0.0700 e. The first-order valence-corrected chi connectivity index (χ1v) is 4.55. The largest absolute Gasteiger partial charge is 0.376 e. The highest BCUT2D eigenvalue weighted by Gasteiger charge is 2.11. The first-order chi connectivity index (χ1) is 5.43. The molecule has 0 bridgehead atoms. The molecule has 1 heterocycles. The molecule has 1 fully saturated rings. The Morgan fingerprint density at radius 3 is 3.00 bits per heavy atom. The van der Waals surface area contributed by atoms with Crippen molar-refractivity contribution >= 4 is 0 Å². The topological polar surface area (TPSA) is 21.3 Å². The summed E-state index contributed by atoms with van der Waals surface area (Å²) >= 11 is 0. The summed E-state index contributed by atoms with van der Waals surface area (Å²) < 4.78 is 5.54. The Kier molecular flexibility index (Phi) is 4.55. The molecule has 0 saturated carbocycles. The monoisotopic (exact) mass is 156 g/mol. The van der Waals surface area contributed by atoms with Crippen molar-refractivity contribution < 1.29 is 4.74 Å². The highest BCUT2D eigenvalue weighted by atomic mass is 16.5. The molecule has 1 rings (SSSR count). The normalized spacial score (nSPS) is 25.4. The van der Waals surface area contributed by atoms with Gasteiger partial charge < -0.3 is 10.1 Å². The molecule has 1 radical (unpaired) electrons. The van der Waals surface area contributed by atoms with E-state index >= 15 is 0 Å². The van der Waals surface area contributed by atoms with Crippen molar-refractivity contribution in [3.63, 3.8) is 0 Å². The lowest BCUT2D eigenvalue weighted by atomic mass is 10.1. The molecule has 0 aliphatic carbocycles. The quantitative estimate of drug-likeness (QED) is 0.621. The Balaban J connectivity index is 1.96. The molecule has 11 heavy (non-hydrogen) atoms. The molecule has 1 aliphatic heterocycles.